The molecule has 0 aliphatic rings. The minimum Gasteiger partial charge on any atom is -0.534 e. The van der Waals surface area contributed by atoms with Crippen molar-refractivity contribution in [1.29, 1.82) is 0 Å². The molecule has 0 aliphatic carbocycles. The van der Waals surface area contributed by atoms with E-state index in [0.29, 0.717) is 112 Å². The second kappa shape index (κ2) is 38.3. The molecule has 0 amide bonds. The van der Waals surface area contributed by atoms with Gasteiger partial charge < -0.3 is 57.6 Å². The first-order valence-electron chi connectivity index (χ1n) is 29.1. The molecule has 18 heteroatoms. The fourth-order valence-corrected chi connectivity index (χ4v) is 9.13. The van der Waals surface area contributed by atoms with Crippen LogP contribution in [-0.4, -0.2) is 157 Å². The van der Waals surface area contributed by atoms with Gasteiger partial charge in [-0.15, -0.1) is 59.7 Å². The van der Waals surface area contributed by atoms with E-state index in [2.05, 4.69) is 65.6 Å². The molecule has 2 N–H and O–H groups in total. The third-order valence-electron chi connectivity index (χ3n) is 13.5. The van der Waals surface area contributed by atoms with Gasteiger partial charge in [0.2, 0.25) is 0 Å². The number of ether oxygens (including phenoxy) is 10. The van der Waals surface area contributed by atoms with Crippen LogP contribution in [0.15, 0.2) is 176 Å². The minimum absolute atomic E-state index is 0. The molecule has 1 radical (unpaired) electrons. The fourth-order valence-electron chi connectivity index (χ4n) is 9.13. The van der Waals surface area contributed by atoms with E-state index in [9.17, 15) is 9.59 Å². The Morgan fingerprint density at radius 3 is 1.17 bits per heavy atom. The van der Waals surface area contributed by atoms with Crippen LogP contribution in [0, 0.1) is 12.1 Å². The summed E-state index contributed by atoms with van der Waals surface area (Å²) in [7, 11) is 3.30. The normalized spacial score (nSPS) is 10.9. The summed E-state index contributed by atoms with van der Waals surface area (Å²) in [6.07, 6.45) is 2.11. The summed E-state index contributed by atoms with van der Waals surface area (Å²) < 4.78 is 54.0. The number of pyridine rings is 3. The Morgan fingerprint density at radius 2 is 0.798 bits per heavy atom. The zero-order valence-corrected chi connectivity index (χ0v) is 52.3. The fraction of sp³-hybridized carbons (Fsp3) is 0.282. The van der Waals surface area contributed by atoms with Gasteiger partial charge in [-0.2, -0.15) is 0 Å². The largest absolute Gasteiger partial charge is 0.534 e. The predicted octanol–water partition coefficient (Wildman–Crippen LogP) is 12.3. The van der Waals surface area contributed by atoms with Gasteiger partial charge in [0.05, 0.1) is 117 Å². The van der Waals surface area contributed by atoms with Crippen molar-refractivity contribution < 1.29 is 87.3 Å². The zero-order chi connectivity index (χ0) is 61.4. The zero-order valence-electron chi connectivity index (χ0n) is 49.9. The quantitative estimate of drug-likeness (QED) is 0.0223. The van der Waals surface area contributed by atoms with Crippen molar-refractivity contribution in [1.82, 2.24) is 15.0 Å². The molecule has 0 saturated carbocycles. The number of aliphatic carboxylic acids is 1. The minimum atomic E-state index is -1.06. The number of carboxylic acid groups (broad SMARTS) is 2. The van der Waals surface area contributed by atoms with Crippen molar-refractivity contribution in [3.8, 4) is 45.1 Å². The summed E-state index contributed by atoms with van der Waals surface area (Å²) in [4.78, 5) is 34.9. The van der Waals surface area contributed by atoms with E-state index in [0.717, 1.165) is 83.3 Å². The first kappa shape index (κ1) is 68.4. The summed E-state index contributed by atoms with van der Waals surface area (Å²) in [6, 6.07) is 62.1. The maximum atomic E-state index is 10.7. The monoisotopic (exact) mass is 1380 g/mol. The Morgan fingerprint density at radius 1 is 0.416 bits per heavy atom. The van der Waals surface area contributed by atoms with E-state index in [4.69, 9.17) is 67.5 Å². The molecule has 0 bridgehead atoms. The number of methoxy groups -OCH3 is 2. The number of hydrogen-bond donors (Lipinski definition) is 2. The molecule has 0 fully saturated rings. The third-order valence-corrected chi connectivity index (χ3v) is 13.5. The van der Waals surface area contributed by atoms with Crippen molar-refractivity contribution in [3.63, 3.8) is 0 Å². The summed E-state index contributed by atoms with van der Waals surface area (Å²) in [6.45, 7) is 8.59. The SMILES string of the molecule is COCCOCCOCCOCCOc1c[c-]c(-c2nc3ccccc3c3ccccc23)cc1.COCCOCCOCCOCCOc1c[c-]c(-c2nc3ccccc3c3ccccc23)cc1.O=C(O)CCc1ccc(-c2ccc(C(=O)O)nc2)cc1.[Ir]. The van der Waals surface area contributed by atoms with Gasteiger partial charge in [-0.05, 0) is 68.7 Å². The molecule has 10 rings (SSSR count). The molecule has 0 unspecified atom stereocenters. The Bertz CT molecular complexity index is 3520. The molecule has 7 aromatic carbocycles. The van der Waals surface area contributed by atoms with Crippen LogP contribution in [0.25, 0.3) is 77.0 Å². The van der Waals surface area contributed by atoms with E-state index >= 15 is 0 Å². The Hall–Kier alpha value is -8.10. The van der Waals surface area contributed by atoms with E-state index in [-0.39, 0.29) is 32.2 Å². The smallest absolute Gasteiger partial charge is 0.354 e. The third kappa shape index (κ3) is 21.9. The molecule has 0 aliphatic heterocycles. The number of fused-ring (bicyclic) bond motifs is 6. The van der Waals surface area contributed by atoms with Gasteiger partial charge in [0.15, 0.2) is 0 Å². The molecule has 10 aromatic rings. The van der Waals surface area contributed by atoms with Crippen LogP contribution in [0.2, 0.25) is 0 Å². The molecule has 0 spiro atoms. The van der Waals surface area contributed by atoms with Crippen LogP contribution >= 0.6 is 0 Å². The topological polar surface area (TPSA) is 206 Å². The summed E-state index contributed by atoms with van der Waals surface area (Å²) in [5, 5.41) is 24.3. The van der Waals surface area contributed by atoms with E-state index < -0.39 is 11.9 Å². The number of aryl methyl sites for hydroxylation is 1. The molecule has 0 saturated heterocycles. The van der Waals surface area contributed by atoms with E-state index in [1.807, 2.05) is 109 Å². The molecular formula is C71H73IrN3O14-2. The van der Waals surface area contributed by atoms with Crippen molar-refractivity contribution in [2.75, 3.05) is 120 Å². The van der Waals surface area contributed by atoms with Crippen LogP contribution in [0.1, 0.15) is 22.5 Å². The number of hydrogen-bond acceptors (Lipinski definition) is 15. The molecule has 3 aromatic heterocycles. The first-order chi connectivity index (χ1) is 43.3. The Kier molecular flexibility index (Phi) is 29.5. The number of rotatable bonds is 33. The van der Waals surface area contributed by atoms with Gasteiger partial charge >= 0.3 is 11.9 Å². The first-order valence-corrected chi connectivity index (χ1v) is 29.1. The summed E-state index contributed by atoms with van der Waals surface area (Å²) in [5.74, 6) is -0.369. The Labute approximate surface area is 532 Å². The van der Waals surface area contributed by atoms with Gasteiger partial charge in [0, 0.05) is 74.8 Å². The van der Waals surface area contributed by atoms with Gasteiger partial charge in [-0.1, -0.05) is 115 Å². The number of aromatic carboxylic acids is 1. The maximum Gasteiger partial charge on any atom is 0.354 e. The average Bonchev–Trinajstić information content (AvgIpc) is 2.67. The molecule has 17 nitrogen and oxygen atoms in total. The second-order valence-electron chi connectivity index (χ2n) is 19.6. The van der Waals surface area contributed by atoms with Crippen molar-refractivity contribution in [2.24, 2.45) is 0 Å². The molecule has 89 heavy (non-hydrogen) atoms. The second-order valence-corrected chi connectivity index (χ2v) is 19.6. The molecule has 467 valence electrons. The number of aromatic nitrogens is 3. The van der Waals surface area contributed by atoms with Gasteiger partial charge in [0.1, 0.15) is 5.69 Å². The van der Waals surface area contributed by atoms with Crippen molar-refractivity contribution in [3.05, 3.63) is 199 Å². The number of benzene rings is 7. The number of para-hydroxylation sites is 2. The van der Waals surface area contributed by atoms with Crippen LogP contribution < -0.4 is 9.47 Å². The summed E-state index contributed by atoms with van der Waals surface area (Å²) >= 11 is 0. The number of nitrogens with zero attached hydrogens (tertiary/aromatic N) is 3. The Balaban J connectivity index is 0.000000196. The van der Waals surface area contributed by atoms with Gasteiger partial charge in [-0.25, -0.2) is 9.78 Å². The van der Waals surface area contributed by atoms with Gasteiger partial charge in [-0.3, -0.25) is 14.8 Å². The van der Waals surface area contributed by atoms with Gasteiger partial charge in [0.25, 0.3) is 0 Å². The molecular weight excluding hydrogens is 1310 g/mol. The molecule has 3 heterocycles. The molecule has 0 atom stereocenters. The van der Waals surface area contributed by atoms with E-state index in [1.165, 1.54) is 23.0 Å². The maximum absolute atomic E-state index is 10.7. The van der Waals surface area contributed by atoms with Crippen molar-refractivity contribution >= 4 is 55.3 Å². The standard InChI is InChI=1S/2C28H30NO5.C15H13NO4.Ir/c2*1-30-14-15-31-16-17-32-18-19-33-20-21-34-23-12-10-22(11-13-23)28-26-8-3-2-6-24(26)25-7-4-5-9-27(25)29-28;17-14(18)8-3-10-1-4-11(5-2-10)12-6-7-13(15(19)20)16-9-12;/h2*2-10,12-13H,14-21H2,1H3;1-2,4-7,9H,3,8H2,(H,17,18)(H,19,20);/q2*-1;;. The van der Waals surface area contributed by atoms with Crippen molar-refractivity contribution in [2.45, 2.75) is 12.8 Å². The predicted molar refractivity (Wildman–Crippen MR) is 339 cm³/mol. The van der Waals surface area contributed by atoms with Crippen LogP contribution in [0.5, 0.6) is 11.5 Å². The van der Waals surface area contributed by atoms with Crippen LogP contribution in [-0.2, 0) is 69.2 Å². The van der Waals surface area contributed by atoms with E-state index in [1.54, 1.807) is 20.3 Å². The summed E-state index contributed by atoms with van der Waals surface area (Å²) in [5.41, 5.74) is 8.37. The average molecular weight is 1380 g/mol. The number of carbonyl (C=O) groups is 2. The van der Waals surface area contributed by atoms with Crippen LogP contribution in [0.4, 0.5) is 0 Å². The number of carboxylic acids is 2. The van der Waals surface area contributed by atoms with Crippen LogP contribution in [0.3, 0.4) is 0 Å².